The molecule has 0 aliphatic rings. The first-order valence-electron chi connectivity index (χ1n) is 9.48. The Labute approximate surface area is 170 Å². The van der Waals surface area contributed by atoms with E-state index in [4.69, 9.17) is 0 Å². The number of carbonyl (C=O) groups is 1. The molecule has 0 aromatic heterocycles. The molecular weight excluding hydrogens is 356 g/mol. The highest BCUT2D eigenvalue weighted by atomic mass is 35.5. The fraction of sp³-hybridized carbons (Fsp3) is 0.375. The van der Waals surface area contributed by atoms with Crippen LogP contribution in [-0.2, 0) is 10.7 Å². The minimum Gasteiger partial charge on any atom is -0.294 e. The Morgan fingerprint density at radius 2 is 1.59 bits per heavy atom. The lowest BCUT2D eigenvalue weighted by molar-refractivity contribution is 0.0988. The Morgan fingerprint density at radius 1 is 1.04 bits per heavy atom. The van der Waals surface area contributed by atoms with Gasteiger partial charge >= 0.3 is 0 Å². The van der Waals surface area contributed by atoms with Crippen LogP contribution in [-0.4, -0.2) is 12.9 Å². The summed E-state index contributed by atoms with van der Waals surface area (Å²) in [5.41, 5.74) is 4.66. The number of halogens is 1. The van der Waals surface area contributed by atoms with Gasteiger partial charge in [0.05, 0.1) is 19.0 Å². The Hall–Kier alpha value is -1.90. The average molecular weight is 389 g/mol. The highest BCUT2D eigenvalue weighted by Gasteiger charge is 2.00. The van der Waals surface area contributed by atoms with Crippen molar-refractivity contribution in [2.45, 2.75) is 52.9 Å². The molecule has 0 heterocycles. The van der Waals surface area contributed by atoms with Gasteiger partial charge in [-0.3, -0.25) is 9.08 Å². The zero-order valence-electron chi connectivity index (χ0n) is 17.1. The standard InChI is InChI=1S/C12H18.C11H12O.CH3ClO/c1-3-4-5-6-12-9-7-11(2)8-10-12;1-3-9-5-7-10(8-6-9)11(12)4-2;1-3-2/h7-10H,3-6H2,1-2H3;3,5-8H,1,4H2,2H3;1H3. The summed E-state index contributed by atoms with van der Waals surface area (Å²) in [6.07, 6.45) is 7.57. The third-order valence-electron chi connectivity index (χ3n) is 3.98. The van der Waals surface area contributed by atoms with Gasteiger partial charge in [-0.05, 0) is 30.9 Å². The van der Waals surface area contributed by atoms with E-state index < -0.39 is 0 Å². The number of benzene rings is 2. The molecule has 27 heavy (non-hydrogen) atoms. The van der Waals surface area contributed by atoms with Crippen LogP contribution in [0.1, 0.15) is 66.6 Å². The molecule has 0 aliphatic heterocycles. The number of Topliss-reactive ketones (excluding diaryl/α,β-unsaturated/α-hetero) is 1. The van der Waals surface area contributed by atoms with E-state index in [1.165, 1.54) is 43.9 Å². The van der Waals surface area contributed by atoms with Gasteiger partial charge < -0.3 is 0 Å². The lowest BCUT2D eigenvalue weighted by atomic mass is 10.1. The molecule has 0 radical (unpaired) electrons. The summed E-state index contributed by atoms with van der Waals surface area (Å²) in [6.45, 7) is 9.89. The Balaban J connectivity index is 0.000000438. The number of unbranched alkanes of at least 4 members (excludes halogenated alkanes) is 2. The van der Waals surface area contributed by atoms with Gasteiger partial charge in [0.2, 0.25) is 0 Å². The first kappa shape index (κ1) is 25.1. The maximum absolute atomic E-state index is 11.2. The van der Waals surface area contributed by atoms with Gasteiger partial charge in [-0.25, -0.2) is 0 Å². The summed E-state index contributed by atoms with van der Waals surface area (Å²) in [5.74, 6) is 0.186. The summed E-state index contributed by atoms with van der Waals surface area (Å²) < 4.78 is 3.72. The molecular formula is C24H33ClO2. The number of hydrogen-bond acceptors (Lipinski definition) is 2. The van der Waals surface area contributed by atoms with E-state index >= 15 is 0 Å². The molecule has 0 fully saturated rings. The van der Waals surface area contributed by atoms with Gasteiger partial charge in [0.25, 0.3) is 0 Å². The minimum atomic E-state index is 0.186. The van der Waals surface area contributed by atoms with Crippen molar-refractivity contribution in [1.29, 1.82) is 0 Å². The third-order valence-corrected chi connectivity index (χ3v) is 3.98. The van der Waals surface area contributed by atoms with Crippen LogP contribution in [0.25, 0.3) is 6.08 Å². The van der Waals surface area contributed by atoms with Crippen LogP contribution in [0.2, 0.25) is 0 Å². The van der Waals surface area contributed by atoms with Crippen molar-refractivity contribution < 1.29 is 9.08 Å². The minimum absolute atomic E-state index is 0.186. The van der Waals surface area contributed by atoms with E-state index in [0.717, 1.165) is 11.1 Å². The maximum Gasteiger partial charge on any atom is 0.162 e. The smallest absolute Gasteiger partial charge is 0.162 e. The predicted molar refractivity (Wildman–Crippen MR) is 118 cm³/mol. The molecule has 0 saturated carbocycles. The van der Waals surface area contributed by atoms with Crippen molar-refractivity contribution in [3.8, 4) is 0 Å². The second kappa shape index (κ2) is 16.3. The molecule has 0 amide bonds. The van der Waals surface area contributed by atoms with Gasteiger partial charge in [-0.2, -0.15) is 0 Å². The molecule has 0 unspecified atom stereocenters. The zero-order chi connectivity index (χ0) is 20.5. The summed E-state index contributed by atoms with van der Waals surface area (Å²) in [6, 6.07) is 16.3. The van der Waals surface area contributed by atoms with Gasteiger partial charge in [0.15, 0.2) is 5.78 Å². The number of carbonyl (C=O) groups excluding carboxylic acids is 1. The van der Waals surface area contributed by atoms with Crippen LogP contribution >= 0.6 is 11.9 Å². The average Bonchev–Trinajstić information content (AvgIpc) is 2.70. The predicted octanol–water partition coefficient (Wildman–Crippen LogP) is 7.44. The monoisotopic (exact) mass is 388 g/mol. The van der Waals surface area contributed by atoms with Crippen LogP contribution in [0.5, 0.6) is 0 Å². The topological polar surface area (TPSA) is 26.3 Å². The maximum atomic E-state index is 11.2. The molecule has 2 rings (SSSR count). The largest absolute Gasteiger partial charge is 0.294 e. The second-order valence-corrected chi connectivity index (χ2v) is 6.51. The number of hydrogen-bond donors (Lipinski definition) is 0. The Bertz CT molecular complexity index is 630. The van der Waals surface area contributed by atoms with Crippen molar-refractivity contribution in [1.82, 2.24) is 0 Å². The van der Waals surface area contributed by atoms with Crippen LogP contribution in [0.3, 0.4) is 0 Å². The number of ketones is 1. The van der Waals surface area contributed by atoms with E-state index in [2.05, 4.69) is 60.8 Å². The molecule has 0 aliphatic carbocycles. The van der Waals surface area contributed by atoms with Crippen LogP contribution in [0.4, 0.5) is 0 Å². The van der Waals surface area contributed by atoms with Crippen LogP contribution < -0.4 is 0 Å². The second-order valence-electron chi connectivity index (χ2n) is 6.20. The lowest BCUT2D eigenvalue weighted by Gasteiger charge is -2.00. The molecule has 0 bridgehead atoms. The SMILES string of the molecule is C=Cc1ccc(C(=O)CC)cc1.CCCCCc1ccc(C)cc1.COCl. The van der Waals surface area contributed by atoms with Gasteiger partial charge in [0, 0.05) is 12.0 Å². The highest BCUT2D eigenvalue weighted by molar-refractivity contribution is 6.07. The molecule has 0 spiro atoms. The molecule has 0 N–H and O–H groups in total. The van der Waals surface area contributed by atoms with E-state index in [-0.39, 0.29) is 5.78 Å². The molecule has 0 atom stereocenters. The zero-order valence-corrected chi connectivity index (χ0v) is 17.9. The van der Waals surface area contributed by atoms with Gasteiger partial charge in [0.1, 0.15) is 0 Å². The summed E-state index contributed by atoms with van der Waals surface area (Å²) >= 11 is 4.50. The molecule has 3 heteroatoms. The lowest BCUT2D eigenvalue weighted by Crippen LogP contribution is -1.95. The molecule has 2 nitrogen and oxygen atoms in total. The first-order chi connectivity index (χ1) is 13.0. The van der Waals surface area contributed by atoms with Gasteiger partial charge in [-0.1, -0.05) is 93.4 Å². The summed E-state index contributed by atoms with van der Waals surface area (Å²) in [4.78, 5) is 11.2. The fourth-order valence-electron chi connectivity index (χ4n) is 2.34. The molecule has 148 valence electrons. The molecule has 2 aromatic carbocycles. The van der Waals surface area contributed by atoms with E-state index in [9.17, 15) is 4.79 Å². The van der Waals surface area contributed by atoms with Crippen molar-refractivity contribution in [3.63, 3.8) is 0 Å². The van der Waals surface area contributed by atoms with Crippen LogP contribution in [0.15, 0.2) is 55.1 Å². The first-order valence-corrected chi connectivity index (χ1v) is 9.79. The fourth-order valence-corrected chi connectivity index (χ4v) is 2.34. The normalized spacial score (nSPS) is 9.37. The van der Waals surface area contributed by atoms with Crippen molar-refractivity contribution in [3.05, 3.63) is 77.4 Å². The number of rotatable bonds is 7. The molecule has 0 saturated heterocycles. The Kier molecular flexibility index (Phi) is 15.1. The van der Waals surface area contributed by atoms with Crippen molar-refractivity contribution in [2.75, 3.05) is 7.11 Å². The Morgan fingerprint density at radius 3 is 2.04 bits per heavy atom. The summed E-state index contributed by atoms with van der Waals surface area (Å²) in [5, 5.41) is 0. The van der Waals surface area contributed by atoms with Crippen molar-refractivity contribution >= 4 is 23.7 Å². The van der Waals surface area contributed by atoms with Gasteiger partial charge in [-0.15, -0.1) is 0 Å². The van der Waals surface area contributed by atoms with E-state index in [0.29, 0.717) is 6.42 Å². The van der Waals surface area contributed by atoms with E-state index in [1.807, 2.05) is 31.2 Å². The number of aryl methyl sites for hydroxylation is 2. The highest BCUT2D eigenvalue weighted by Crippen LogP contribution is 2.08. The van der Waals surface area contributed by atoms with Crippen molar-refractivity contribution in [2.24, 2.45) is 0 Å². The molecule has 2 aromatic rings. The quantitative estimate of drug-likeness (QED) is 0.364. The van der Waals surface area contributed by atoms with Crippen LogP contribution in [0, 0.1) is 6.92 Å². The third kappa shape index (κ3) is 12.2. The summed E-state index contributed by atoms with van der Waals surface area (Å²) in [7, 11) is 1.39. The van der Waals surface area contributed by atoms with E-state index in [1.54, 1.807) is 6.08 Å².